The molecule has 0 saturated carbocycles. The quantitative estimate of drug-likeness (QED) is 0.821. The van der Waals surface area contributed by atoms with Crippen molar-refractivity contribution in [2.45, 2.75) is 46.6 Å². The molecule has 0 amide bonds. The average Bonchev–Trinajstić information content (AvgIpc) is 2.94. The van der Waals surface area contributed by atoms with E-state index in [2.05, 4.69) is 28.5 Å². The number of nitriles is 1. The van der Waals surface area contributed by atoms with Crippen molar-refractivity contribution < 1.29 is 4.52 Å². The van der Waals surface area contributed by atoms with Crippen LogP contribution in [0.15, 0.2) is 4.52 Å². The number of unbranched alkanes of at least 4 members (excludes halogenated alkanes) is 1. The molecule has 0 fully saturated rings. The Hall–Kier alpha value is -2.16. The highest BCUT2D eigenvalue weighted by atomic mass is 16.5. The first-order chi connectivity index (χ1) is 9.17. The summed E-state index contributed by atoms with van der Waals surface area (Å²) in [5.74, 6) is 0.785. The molecule has 0 bridgehead atoms. The van der Waals surface area contributed by atoms with E-state index in [0.29, 0.717) is 12.2 Å². The van der Waals surface area contributed by atoms with E-state index in [4.69, 9.17) is 9.78 Å². The van der Waals surface area contributed by atoms with Crippen LogP contribution in [-0.4, -0.2) is 20.2 Å². The van der Waals surface area contributed by atoms with Gasteiger partial charge in [0.05, 0.1) is 17.9 Å². The molecule has 0 unspecified atom stereocenters. The van der Waals surface area contributed by atoms with Crippen LogP contribution >= 0.6 is 0 Å². The van der Waals surface area contributed by atoms with Crippen LogP contribution in [0.25, 0.3) is 0 Å². The van der Waals surface area contributed by atoms with E-state index < -0.39 is 0 Å². The van der Waals surface area contributed by atoms with Crippen LogP contribution in [0.2, 0.25) is 0 Å². The van der Waals surface area contributed by atoms with Gasteiger partial charge in [-0.15, -0.1) is 5.10 Å². The maximum absolute atomic E-state index is 9.07. The Bertz CT molecular complexity index is 586. The number of hydrogen-bond acceptors (Lipinski definition) is 5. The highest BCUT2D eigenvalue weighted by molar-refractivity contribution is 5.27. The maximum Gasteiger partial charge on any atom is 0.185 e. The highest BCUT2D eigenvalue weighted by Gasteiger charge is 2.16. The second-order valence-electron chi connectivity index (χ2n) is 4.56. The molecule has 0 N–H and O–H groups in total. The van der Waals surface area contributed by atoms with Crippen LogP contribution in [0.5, 0.6) is 0 Å². The summed E-state index contributed by atoms with van der Waals surface area (Å²) in [7, 11) is 0. The second kappa shape index (κ2) is 5.65. The largest absolute Gasteiger partial charge is 0.361 e. The molecule has 0 aromatic carbocycles. The van der Waals surface area contributed by atoms with E-state index >= 15 is 0 Å². The van der Waals surface area contributed by atoms with Gasteiger partial charge in [0.25, 0.3) is 0 Å². The van der Waals surface area contributed by atoms with Crippen molar-refractivity contribution in [3.8, 4) is 6.07 Å². The van der Waals surface area contributed by atoms with Gasteiger partial charge >= 0.3 is 0 Å². The lowest BCUT2D eigenvalue weighted by Gasteiger charge is -2.05. The lowest BCUT2D eigenvalue weighted by Crippen LogP contribution is -2.08. The third-order valence-corrected chi connectivity index (χ3v) is 3.20. The maximum atomic E-state index is 9.07. The van der Waals surface area contributed by atoms with Crippen LogP contribution in [0.4, 0.5) is 0 Å². The monoisotopic (exact) mass is 259 g/mol. The molecule has 0 spiro atoms. The summed E-state index contributed by atoms with van der Waals surface area (Å²) < 4.78 is 6.92. The minimum Gasteiger partial charge on any atom is -0.361 e. The zero-order chi connectivity index (χ0) is 13.8. The summed E-state index contributed by atoms with van der Waals surface area (Å²) >= 11 is 0. The van der Waals surface area contributed by atoms with Crippen LogP contribution < -0.4 is 0 Å². The Labute approximate surface area is 112 Å². The summed E-state index contributed by atoms with van der Waals surface area (Å²) in [4.78, 5) is 0. The molecule has 6 heteroatoms. The Morgan fingerprint density at radius 1 is 1.37 bits per heavy atom. The molecule has 2 aromatic rings. The van der Waals surface area contributed by atoms with Crippen molar-refractivity contribution in [3.05, 3.63) is 28.4 Å². The van der Waals surface area contributed by atoms with E-state index in [-0.39, 0.29) is 0 Å². The molecule has 0 saturated heterocycles. The van der Waals surface area contributed by atoms with Gasteiger partial charge in [-0.3, -0.25) is 0 Å². The number of nitrogens with zero attached hydrogens (tertiary/aromatic N) is 5. The summed E-state index contributed by atoms with van der Waals surface area (Å²) in [6.45, 7) is 6.45. The number of aromatic nitrogens is 4. The zero-order valence-electron chi connectivity index (χ0n) is 11.5. The summed E-state index contributed by atoms with van der Waals surface area (Å²) in [5.41, 5.74) is 3.17. The van der Waals surface area contributed by atoms with Crippen molar-refractivity contribution in [2.75, 3.05) is 0 Å². The Kier molecular flexibility index (Phi) is 3.95. The first-order valence-corrected chi connectivity index (χ1v) is 6.41. The molecule has 0 radical (unpaired) electrons. The molecule has 2 rings (SSSR count). The van der Waals surface area contributed by atoms with E-state index in [1.165, 1.54) is 0 Å². The Morgan fingerprint density at radius 3 is 2.74 bits per heavy atom. The van der Waals surface area contributed by atoms with Gasteiger partial charge in [0.2, 0.25) is 0 Å². The molecule has 0 aliphatic carbocycles. The molecule has 19 heavy (non-hydrogen) atoms. The van der Waals surface area contributed by atoms with Gasteiger partial charge in [0, 0.05) is 5.56 Å². The zero-order valence-corrected chi connectivity index (χ0v) is 11.5. The average molecular weight is 259 g/mol. The molecule has 0 atom stereocenters. The lowest BCUT2D eigenvalue weighted by molar-refractivity contribution is 0.391. The number of aryl methyl sites for hydroxylation is 2. The minimum absolute atomic E-state index is 0.417. The molecule has 100 valence electrons. The van der Waals surface area contributed by atoms with Gasteiger partial charge in [0.1, 0.15) is 11.8 Å². The third kappa shape index (κ3) is 2.65. The van der Waals surface area contributed by atoms with Gasteiger partial charge in [-0.1, -0.05) is 23.7 Å². The predicted molar refractivity (Wildman–Crippen MR) is 68.4 cm³/mol. The van der Waals surface area contributed by atoms with Gasteiger partial charge in [-0.2, -0.15) is 5.26 Å². The van der Waals surface area contributed by atoms with Crippen molar-refractivity contribution >= 4 is 0 Å². The van der Waals surface area contributed by atoms with E-state index in [1.807, 2.05) is 13.8 Å². The second-order valence-corrected chi connectivity index (χ2v) is 4.56. The topological polar surface area (TPSA) is 80.5 Å². The van der Waals surface area contributed by atoms with E-state index in [0.717, 1.165) is 42.0 Å². The fraction of sp³-hybridized carbons (Fsp3) is 0.538. The molecule has 0 aliphatic heterocycles. The lowest BCUT2D eigenvalue weighted by atomic mass is 10.1. The number of hydrogen-bond donors (Lipinski definition) is 0. The normalized spacial score (nSPS) is 10.6. The van der Waals surface area contributed by atoms with Crippen molar-refractivity contribution in [1.29, 1.82) is 5.26 Å². The number of rotatable bonds is 5. The Balaban J connectivity index is 2.30. The molecular formula is C13H17N5O. The highest BCUT2D eigenvalue weighted by Crippen LogP contribution is 2.16. The predicted octanol–water partition coefficient (Wildman–Crippen LogP) is 2.15. The standard InChI is InChI=1S/C13H17N5O/c1-4-5-6-13-12(7-14)15-17-18(13)8-11-9(2)16-19-10(11)3/h4-6,8H2,1-3H3. The van der Waals surface area contributed by atoms with Gasteiger partial charge in [-0.25, -0.2) is 4.68 Å². The first-order valence-electron chi connectivity index (χ1n) is 6.41. The molecular weight excluding hydrogens is 242 g/mol. The molecule has 2 heterocycles. The van der Waals surface area contributed by atoms with Crippen molar-refractivity contribution in [2.24, 2.45) is 0 Å². The van der Waals surface area contributed by atoms with Crippen LogP contribution in [0.3, 0.4) is 0 Å². The molecule has 0 aliphatic rings. The Morgan fingerprint density at radius 2 is 2.16 bits per heavy atom. The summed E-state index contributed by atoms with van der Waals surface area (Å²) in [5, 5.41) is 21.0. The summed E-state index contributed by atoms with van der Waals surface area (Å²) in [6.07, 6.45) is 2.90. The molecule has 6 nitrogen and oxygen atoms in total. The van der Waals surface area contributed by atoms with E-state index in [1.54, 1.807) is 4.68 Å². The third-order valence-electron chi connectivity index (χ3n) is 3.20. The fourth-order valence-corrected chi connectivity index (χ4v) is 2.02. The van der Waals surface area contributed by atoms with Crippen LogP contribution in [-0.2, 0) is 13.0 Å². The van der Waals surface area contributed by atoms with Crippen molar-refractivity contribution in [1.82, 2.24) is 20.2 Å². The van der Waals surface area contributed by atoms with Crippen LogP contribution in [0.1, 0.15) is 48.2 Å². The van der Waals surface area contributed by atoms with Crippen LogP contribution in [0, 0.1) is 25.2 Å². The van der Waals surface area contributed by atoms with Crippen molar-refractivity contribution in [3.63, 3.8) is 0 Å². The first kappa shape index (κ1) is 13.3. The van der Waals surface area contributed by atoms with Gasteiger partial charge in [-0.05, 0) is 26.7 Å². The van der Waals surface area contributed by atoms with Gasteiger partial charge in [0.15, 0.2) is 5.69 Å². The van der Waals surface area contributed by atoms with E-state index in [9.17, 15) is 0 Å². The SMILES string of the molecule is CCCCc1c(C#N)nnn1Cc1c(C)noc1C. The molecule has 2 aromatic heterocycles. The minimum atomic E-state index is 0.417. The summed E-state index contributed by atoms with van der Waals surface area (Å²) in [6, 6.07) is 2.10. The van der Waals surface area contributed by atoms with Gasteiger partial charge < -0.3 is 4.52 Å². The fourth-order valence-electron chi connectivity index (χ4n) is 2.02. The smallest absolute Gasteiger partial charge is 0.185 e.